The lowest BCUT2D eigenvalue weighted by Crippen LogP contribution is -2.50. The Morgan fingerprint density at radius 2 is 1.93 bits per heavy atom. The molecular weight excluding hydrogens is 535 g/mol. The molecule has 2 fully saturated rings. The number of carbonyl (C=O) groups excluding carboxylic acids is 2. The molecule has 3 heterocycles. The number of amides is 3. The van der Waals surface area contributed by atoms with Gasteiger partial charge in [-0.15, -0.1) is 0 Å². The summed E-state index contributed by atoms with van der Waals surface area (Å²) < 4.78 is 19.9. The van der Waals surface area contributed by atoms with Crippen LogP contribution in [0.4, 0.5) is 20.7 Å². The van der Waals surface area contributed by atoms with E-state index in [2.05, 4.69) is 56.7 Å². The Kier molecular flexibility index (Phi) is 9.12. The molecule has 1 atom stereocenters. The lowest BCUT2D eigenvalue weighted by Gasteiger charge is -2.26. The van der Waals surface area contributed by atoms with E-state index in [-0.39, 0.29) is 23.8 Å². The monoisotopic (exact) mass is 570 g/mol. The summed E-state index contributed by atoms with van der Waals surface area (Å²) in [7, 11) is 4.14. The Bertz CT molecular complexity index is 1510. The van der Waals surface area contributed by atoms with Crippen molar-refractivity contribution >= 4 is 23.4 Å². The SMILES string of the molecule is Cc1ccc(C(=O)Nc2ccc(CN3CC[C@@H](N(C)C)C3)c(F)c2)cc1C#Cc1ccc(NC(=O)NC2COC2)nc1. The molecule has 2 aliphatic heterocycles. The Morgan fingerprint density at radius 3 is 2.60 bits per heavy atom. The van der Waals surface area contributed by atoms with Crippen LogP contribution in [0.3, 0.4) is 0 Å². The van der Waals surface area contributed by atoms with Crippen molar-refractivity contribution in [2.24, 2.45) is 0 Å². The van der Waals surface area contributed by atoms with Crippen molar-refractivity contribution in [1.82, 2.24) is 20.1 Å². The highest BCUT2D eigenvalue weighted by Crippen LogP contribution is 2.21. The number of aryl methyl sites for hydroxylation is 1. The standard InChI is InChI=1S/C32H35FN6O3/c1-21-4-7-24(14-23(21)8-5-22-6-11-30(34-16-22)37-32(41)36-27-19-42-20-27)31(40)35-26-10-9-25(29(33)15-26)17-39-13-12-28(18-39)38(2)3/h4,6-7,9-11,14-16,27-28H,12-13,17-20H2,1-3H3,(H,35,40)(H2,34,36,37,41)/t28-/m1/s1. The lowest BCUT2D eigenvalue weighted by atomic mass is 10.0. The van der Waals surface area contributed by atoms with Crippen LogP contribution in [-0.4, -0.2) is 79.2 Å². The summed E-state index contributed by atoms with van der Waals surface area (Å²) in [6.07, 6.45) is 2.65. The number of hydrogen-bond acceptors (Lipinski definition) is 6. The number of rotatable bonds is 7. The van der Waals surface area contributed by atoms with E-state index in [1.54, 1.807) is 42.6 Å². The maximum atomic E-state index is 14.9. The molecule has 3 aromatic rings. The maximum absolute atomic E-state index is 14.9. The van der Waals surface area contributed by atoms with Gasteiger partial charge in [0.25, 0.3) is 5.91 Å². The predicted molar refractivity (Wildman–Crippen MR) is 160 cm³/mol. The highest BCUT2D eigenvalue weighted by atomic mass is 19.1. The minimum Gasteiger partial charge on any atom is -0.377 e. The molecule has 42 heavy (non-hydrogen) atoms. The molecule has 2 saturated heterocycles. The second-order valence-electron chi connectivity index (χ2n) is 10.9. The number of carbonyl (C=O) groups is 2. The minimum atomic E-state index is -0.345. The molecule has 1 aromatic heterocycles. The van der Waals surface area contributed by atoms with Crippen LogP contribution in [0.25, 0.3) is 0 Å². The first-order valence-electron chi connectivity index (χ1n) is 14.0. The number of urea groups is 1. The van der Waals surface area contributed by atoms with E-state index < -0.39 is 0 Å². The molecule has 2 aromatic carbocycles. The first-order valence-corrected chi connectivity index (χ1v) is 14.0. The highest BCUT2D eigenvalue weighted by molar-refractivity contribution is 6.04. The molecule has 0 aliphatic carbocycles. The number of hydrogen-bond donors (Lipinski definition) is 3. The molecule has 3 N–H and O–H groups in total. The van der Waals surface area contributed by atoms with Crippen molar-refractivity contribution in [3.8, 4) is 11.8 Å². The molecule has 10 heteroatoms. The van der Waals surface area contributed by atoms with Crippen LogP contribution in [0.5, 0.6) is 0 Å². The maximum Gasteiger partial charge on any atom is 0.320 e. The highest BCUT2D eigenvalue weighted by Gasteiger charge is 2.24. The van der Waals surface area contributed by atoms with E-state index in [9.17, 15) is 14.0 Å². The minimum absolute atomic E-state index is 0.0272. The zero-order chi connectivity index (χ0) is 29.6. The third-order valence-electron chi connectivity index (χ3n) is 7.50. The average Bonchev–Trinajstić information content (AvgIpc) is 3.42. The Hall–Kier alpha value is -4.30. The third kappa shape index (κ3) is 7.50. The Morgan fingerprint density at radius 1 is 1.10 bits per heavy atom. The van der Waals surface area contributed by atoms with Crippen molar-refractivity contribution in [2.75, 3.05) is 51.0 Å². The van der Waals surface area contributed by atoms with Gasteiger partial charge in [-0.25, -0.2) is 14.2 Å². The second kappa shape index (κ2) is 13.1. The van der Waals surface area contributed by atoms with Gasteiger partial charge in [-0.05, 0) is 69.4 Å². The van der Waals surface area contributed by atoms with E-state index >= 15 is 0 Å². The van der Waals surface area contributed by atoms with E-state index in [1.165, 1.54) is 6.07 Å². The Labute approximate surface area is 245 Å². The van der Waals surface area contributed by atoms with Crippen LogP contribution < -0.4 is 16.0 Å². The van der Waals surface area contributed by atoms with Gasteiger partial charge in [-0.3, -0.25) is 15.0 Å². The molecule has 0 unspecified atom stereocenters. The van der Waals surface area contributed by atoms with Crippen molar-refractivity contribution < 1.29 is 18.7 Å². The van der Waals surface area contributed by atoms with E-state index in [0.717, 1.165) is 25.1 Å². The van der Waals surface area contributed by atoms with Crippen LogP contribution in [0, 0.1) is 24.6 Å². The predicted octanol–water partition coefficient (Wildman–Crippen LogP) is 3.84. The van der Waals surface area contributed by atoms with E-state index in [4.69, 9.17) is 4.74 Å². The van der Waals surface area contributed by atoms with Gasteiger partial charge in [-0.2, -0.15) is 0 Å². The summed E-state index contributed by atoms with van der Waals surface area (Å²) in [5.74, 6) is 5.89. The number of likely N-dealkylation sites (tertiary alicyclic amines) is 1. The van der Waals surface area contributed by atoms with Gasteiger partial charge in [0.1, 0.15) is 11.6 Å². The summed E-state index contributed by atoms with van der Waals surface area (Å²) in [4.78, 5) is 33.7. The number of pyridine rings is 1. The van der Waals surface area contributed by atoms with E-state index in [1.807, 2.05) is 13.0 Å². The normalized spacial score (nSPS) is 16.8. The number of likely N-dealkylation sites (N-methyl/N-ethyl adjacent to an activating group) is 1. The average molecular weight is 571 g/mol. The number of aromatic nitrogens is 1. The second-order valence-corrected chi connectivity index (χ2v) is 10.9. The summed E-state index contributed by atoms with van der Waals surface area (Å²) in [6, 6.07) is 13.7. The van der Waals surface area contributed by atoms with Gasteiger partial charge in [0.2, 0.25) is 0 Å². The first kappa shape index (κ1) is 29.2. The zero-order valence-corrected chi connectivity index (χ0v) is 24.0. The zero-order valence-electron chi connectivity index (χ0n) is 24.0. The fourth-order valence-electron chi connectivity index (χ4n) is 4.81. The number of anilines is 2. The van der Waals surface area contributed by atoms with Crippen LogP contribution in [0.2, 0.25) is 0 Å². The summed E-state index contributed by atoms with van der Waals surface area (Å²) in [5.41, 5.74) is 3.69. The molecule has 0 radical (unpaired) electrons. The molecular formula is C32H35FN6O3. The molecule has 9 nitrogen and oxygen atoms in total. The lowest BCUT2D eigenvalue weighted by molar-refractivity contribution is 0.000731. The van der Waals surface area contributed by atoms with Gasteiger partial charge in [0, 0.05) is 59.8 Å². The van der Waals surface area contributed by atoms with Gasteiger partial charge in [0.05, 0.1) is 19.3 Å². The molecule has 3 amide bonds. The number of nitrogens with zero attached hydrogens (tertiary/aromatic N) is 3. The molecule has 0 saturated carbocycles. The summed E-state index contributed by atoms with van der Waals surface area (Å²) in [5, 5.41) is 8.27. The van der Waals surface area contributed by atoms with Crippen LogP contribution >= 0.6 is 0 Å². The van der Waals surface area contributed by atoms with Crippen LogP contribution in [0.15, 0.2) is 54.7 Å². The fourth-order valence-corrected chi connectivity index (χ4v) is 4.81. The van der Waals surface area contributed by atoms with Crippen molar-refractivity contribution in [1.29, 1.82) is 0 Å². The molecule has 0 spiro atoms. The largest absolute Gasteiger partial charge is 0.377 e. The molecule has 2 aliphatic rings. The summed E-state index contributed by atoms with van der Waals surface area (Å²) in [6.45, 7) is 5.34. The first-order chi connectivity index (χ1) is 20.2. The quantitative estimate of drug-likeness (QED) is 0.374. The van der Waals surface area contributed by atoms with Crippen molar-refractivity contribution in [3.63, 3.8) is 0 Å². The molecule has 0 bridgehead atoms. The third-order valence-corrected chi connectivity index (χ3v) is 7.50. The van der Waals surface area contributed by atoms with Crippen LogP contribution in [-0.2, 0) is 11.3 Å². The fraction of sp³-hybridized carbons (Fsp3) is 0.344. The number of benzene rings is 2. The van der Waals surface area contributed by atoms with Gasteiger partial charge in [0.15, 0.2) is 0 Å². The van der Waals surface area contributed by atoms with Gasteiger partial charge in [-0.1, -0.05) is 24.0 Å². The van der Waals surface area contributed by atoms with Crippen molar-refractivity contribution in [3.05, 3.63) is 88.4 Å². The number of halogens is 1. The molecule has 5 rings (SSSR count). The number of nitrogens with one attached hydrogen (secondary N) is 3. The molecule has 218 valence electrons. The van der Waals surface area contributed by atoms with Crippen LogP contribution in [0.1, 0.15) is 39.0 Å². The summed E-state index contributed by atoms with van der Waals surface area (Å²) >= 11 is 0. The van der Waals surface area contributed by atoms with Crippen molar-refractivity contribution in [2.45, 2.75) is 32.0 Å². The smallest absolute Gasteiger partial charge is 0.320 e. The van der Waals surface area contributed by atoms with Gasteiger partial charge >= 0.3 is 6.03 Å². The van der Waals surface area contributed by atoms with Gasteiger partial charge < -0.3 is 20.3 Å². The number of ether oxygens (including phenoxy) is 1. The Balaban J connectivity index is 1.19. The van der Waals surface area contributed by atoms with E-state index in [0.29, 0.717) is 59.6 Å². The topological polar surface area (TPSA) is 98.8 Å².